The number of nitriles is 1. The van der Waals surface area contributed by atoms with Crippen molar-refractivity contribution < 1.29 is 40.3 Å². The summed E-state index contributed by atoms with van der Waals surface area (Å²) in [5.74, 6) is -9.13. The van der Waals surface area contributed by atoms with Crippen molar-refractivity contribution in [2.24, 2.45) is 5.10 Å². The molecule has 1 atom stereocenters. The number of halogens is 8. The van der Waals surface area contributed by atoms with Gasteiger partial charge in [-0.3, -0.25) is 10.2 Å². The zero-order valence-corrected chi connectivity index (χ0v) is 20.2. The first-order valence-electron chi connectivity index (χ1n) is 10.9. The van der Waals surface area contributed by atoms with E-state index in [1.54, 1.807) is 0 Å². The van der Waals surface area contributed by atoms with Gasteiger partial charge < -0.3 is 15.4 Å². The van der Waals surface area contributed by atoms with Gasteiger partial charge in [-0.25, -0.2) is 13.8 Å². The summed E-state index contributed by atoms with van der Waals surface area (Å²) >= 11 is 6.14. The molecule has 1 amide bonds. The molecule has 3 rings (SSSR count). The zero-order chi connectivity index (χ0) is 28.5. The summed E-state index contributed by atoms with van der Waals surface area (Å²) in [6.45, 7) is -1.77. The zero-order valence-electron chi connectivity index (χ0n) is 19.5. The molecule has 1 aromatic carbocycles. The second-order valence-corrected chi connectivity index (χ2v) is 8.82. The van der Waals surface area contributed by atoms with E-state index in [-0.39, 0.29) is 17.1 Å². The van der Waals surface area contributed by atoms with Crippen LogP contribution in [0, 0.1) is 16.7 Å². The van der Waals surface area contributed by atoms with Crippen molar-refractivity contribution in [3.63, 3.8) is 0 Å². The highest BCUT2D eigenvalue weighted by Gasteiger charge is 2.62. The minimum atomic E-state index is -6.19. The third-order valence-corrected chi connectivity index (χ3v) is 6.03. The lowest BCUT2D eigenvalue weighted by Gasteiger charge is -2.27. The van der Waals surface area contributed by atoms with Crippen molar-refractivity contribution >= 4 is 29.4 Å². The van der Waals surface area contributed by atoms with Crippen molar-refractivity contribution in [1.82, 2.24) is 15.6 Å². The highest BCUT2D eigenvalue weighted by molar-refractivity contribution is 6.33. The number of nitrogens with one attached hydrogen (secondary N) is 3. The number of benzene rings is 1. The number of rotatable bonds is 10. The number of carbonyl (C=O) groups is 1. The van der Waals surface area contributed by atoms with Crippen LogP contribution >= 0.6 is 11.6 Å². The Balaban J connectivity index is 1.90. The number of hydrogen-bond donors (Lipinski definition) is 3. The van der Waals surface area contributed by atoms with Gasteiger partial charge in [0.1, 0.15) is 12.1 Å². The van der Waals surface area contributed by atoms with Gasteiger partial charge in [0.15, 0.2) is 17.3 Å². The largest absolute Gasteiger partial charge is 0.482 e. The van der Waals surface area contributed by atoms with Gasteiger partial charge in [0.2, 0.25) is 0 Å². The molecule has 1 unspecified atom stereocenters. The lowest BCUT2D eigenvalue weighted by atomic mass is 9.98. The number of allylic oxidation sites excluding steroid dienone is 1. The third-order valence-electron chi connectivity index (χ3n) is 5.70. The Kier molecular flexibility index (Phi) is 8.16. The van der Waals surface area contributed by atoms with Gasteiger partial charge in [-0.2, -0.15) is 32.3 Å². The fourth-order valence-electron chi connectivity index (χ4n) is 3.45. The van der Waals surface area contributed by atoms with Crippen LogP contribution < -0.4 is 10.6 Å². The van der Waals surface area contributed by atoms with Crippen LogP contribution in [0.4, 0.5) is 30.7 Å². The molecular formula is C22H20ClF7N6O2. The highest BCUT2D eigenvalue weighted by atomic mass is 35.5. The average molecular weight is 569 g/mol. The number of amides is 1. The fourth-order valence-corrected chi connectivity index (χ4v) is 3.66. The van der Waals surface area contributed by atoms with Crippen LogP contribution in [0.1, 0.15) is 34.7 Å². The first kappa shape index (κ1) is 29.0. The molecule has 0 saturated heterocycles. The first-order valence-corrected chi connectivity index (χ1v) is 11.3. The van der Waals surface area contributed by atoms with Crippen LogP contribution in [-0.2, 0) is 4.74 Å². The molecule has 16 heteroatoms. The number of ether oxygens (including phenoxy) is 1. The molecule has 206 valence electrons. The third kappa shape index (κ3) is 5.95. The van der Waals surface area contributed by atoms with Crippen LogP contribution in [0.5, 0.6) is 0 Å². The molecule has 0 aromatic heterocycles. The van der Waals surface area contributed by atoms with Crippen LogP contribution in [0.3, 0.4) is 0 Å². The summed E-state index contributed by atoms with van der Waals surface area (Å²) in [5, 5.41) is 26.4. The van der Waals surface area contributed by atoms with E-state index in [4.69, 9.17) is 17.0 Å². The number of alkyl halides is 7. The summed E-state index contributed by atoms with van der Waals surface area (Å²) in [6.07, 6.45) is -7.19. The maximum atomic E-state index is 13.9. The van der Waals surface area contributed by atoms with E-state index < -0.39 is 59.8 Å². The topological polar surface area (TPSA) is 114 Å². The van der Waals surface area contributed by atoms with Crippen molar-refractivity contribution in [1.29, 1.82) is 10.7 Å². The predicted octanol–water partition coefficient (Wildman–Crippen LogP) is 4.40. The maximum absolute atomic E-state index is 13.9. The molecule has 1 aliphatic heterocycles. The Morgan fingerprint density at radius 3 is 2.53 bits per heavy atom. The molecule has 0 bridgehead atoms. The molecule has 1 aromatic rings. The lowest BCUT2D eigenvalue weighted by Crippen LogP contribution is -2.46. The van der Waals surface area contributed by atoms with Gasteiger partial charge in [-0.15, -0.1) is 0 Å². The molecular weight excluding hydrogens is 549 g/mol. The molecule has 3 N–H and O–H groups in total. The molecule has 1 fully saturated rings. The van der Waals surface area contributed by atoms with E-state index in [9.17, 15) is 40.8 Å². The van der Waals surface area contributed by atoms with Gasteiger partial charge in [-0.1, -0.05) is 17.7 Å². The Labute approximate surface area is 216 Å². The Hall–Kier alpha value is -3.54. The quantitative estimate of drug-likeness (QED) is 0.220. The smallest absolute Gasteiger partial charge is 0.459 e. The summed E-state index contributed by atoms with van der Waals surface area (Å²) in [4.78, 5) is 12.7. The maximum Gasteiger partial charge on any atom is 0.459 e. The molecule has 38 heavy (non-hydrogen) atoms. The van der Waals surface area contributed by atoms with Crippen molar-refractivity contribution in [3.8, 4) is 6.07 Å². The molecule has 8 nitrogen and oxygen atoms in total. The van der Waals surface area contributed by atoms with E-state index in [0.717, 1.165) is 12.1 Å². The summed E-state index contributed by atoms with van der Waals surface area (Å²) in [7, 11) is 1.09. The van der Waals surface area contributed by atoms with Crippen molar-refractivity contribution in [2.45, 2.75) is 42.8 Å². The van der Waals surface area contributed by atoms with Crippen LogP contribution in [-0.4, -0.2) is 67.1 Å². The lowest BCUT2D eigenvalue weighted by molar-refractivity contribution is -0.250. The first-order chi connectivity index (χ1) is 17.7. The van der Waals surface area contributed by atoms with Crippen LogP contribution in [0.2, 0.25) is 5.02 Å². The normalized spacial score (nSPS) is 19.1. The molecule has 1 heterocycles. The average Bonchev–Trinajstić information content (AvgIpc) is 3.45. The van der Waals surface area contributed by atoms with Crippen molar-refractivity contribution in [2.75, 3.05) is 20.2 Å². The van der Waals surface area contributed by atoms with Crippen molar-refractivity contribution in [3.05, 3.63) is 45.9 Å². The fraction of sp³-hybridized carbons (Fsp3) is 0.455. The molecule has 2 aliphatic rings. The van der Waals surface area contributed by atoms with E-state index in [1.807, 2.05) is 6.07 Å². The number of hydrazone groups is 1. The Morgan fingerprint density at radius 1 is 1.34 bits per heavy atom. The molecule has 0 spiro atoms. The monoisotopic (exact) mass is 568 g/mol. The summed E-state index contributed by atoms with van der Waals surface area (Å²) in [6, 6.07) is 6.34. The van der Waals surface area contributed by atoms with Gasteiger partial charge in [0.25, 0.3) is 12.3 Å². The standard InChI is InChI=1S/C22H20ClF7N6O2/c1-33-18(16(38-9-15(24)25)17(32)21(26,27)22(28,29)30)36-8-12(7-34-36)11-2-3-14(23)13(6-11)19(37)35-20(10-31)4-5-20/h2-3,6-7,12,15,32-33H,4-5,8-9H2,1H3,(H,35,37)/b18-16-,32-17?. The van der Waals surface area contributed by atoms with Gasteiger partial charge in [0.05, 0.1) is 23.2 Å². The predicted molar refractivity (Wildman–Crippen MR) is 121 cm³/mol. The van der Waals surface area contributed by atoms with Gasteiger partial charge in [-0.05, 0) is 30.5 Å². The van der Waals surface area contributed by atoms with E-state index in [0.29, 0.717) is 18.4 Å². The summed E-state index contributed by atoms with van der Waals surface area (Å²) in [5.41, 5.74) is -2.87. The second kappa shape index (κ2) is 10.7. The molecule has 1 saturated carbocycles. The van der Waals surface area contributed by atoms with E-state index in [1.165, 1.54) is 24.4 Å². The summed E-state index contributed by atoms with van der Waals surface area (Å²) < 4.78 is 96.5. The number of carbonyl (C=O) groups excluding carboxylic acids is 1. The van der Waals surface area contributed by atoms with Gasteiger partial charge in [0, 0.05) is 19.2 Å². The number of hydrogen-bond acceptors (Lipinski definition) is 7. The molecule has 1 aliphatic carbocycles. The minimum Gasteiger partial charge on any atom is -0.482 e. The minimum absolute atomic E-state index is 0.0366. The van der Waals surface area contributed by atoms with Gasteiger partial charge >= 0.3 is 12.1 Å². The van der Waals surface area contributed by atoms with Crippen LogP contribution in [0.15, 0.2) is 34.9 Å². The highest BCUT2D eigenvalue weighted by Crippen LogP contribution is 2.39. The second-order valence-electron chi connectivity index (χ2n) is 8.42. The number of nitrogens with zero attached hydrogens (tertiary/aromatic N) is 3. The molecule has 0 radical (unpaired) electrons. The Bertz CT molecular complexity index is 1210. The van der Waals surface area contributed by atoms with Crippen LogP contribution in [0.25, 0.3) is 0 Å². The Morgan fingerprint density at radius 2 is 2.00 bits per heavy atom. The van der Waals surface area contributed by atoms with E-state index in [2.05, 4.69) is 20.5 Å². The SMILES string of the molecule is CN/C(=C(/OCC(F)F)C(=N)C(F)(F)C(F)(F)F)N1CC(c2ccc(Cl)c(C(=O)NC3(C#N)CC3)c2)C=N1. The van der Waals surface area contributed by atoms with E-state index >= 15 is 0 Å².